The number of amides is 2. The average molecular weight is 477 g/mol. The van der Waals surface area contributed by atoms with Crippen LogP contribution in [0.5, 0.6) is 11.5 Å². The molecule has 1 N–H and O–H groups in total. The van der Waals surface area contributed by atoms with Gasteiger partial charge >= 0.3 is 5.97 Å². The van der Waals surface area contributed by atoms with E-state index in [1.165, 1.54) is 7.11 Å². The summed E-state index contributed by atoms with van der Waals surface area (Å²) in [5.41, 5.74) is 1.81. The number of carbonyl (C=O) groups is 3. The first-order valence-electron chi connectivity index (χ1n) is 10.5. The minimum atomic E-state index is -0.562. The van der Waals surface area contributed by atoms with Crippen LogP contribution in [-0.2, 0) is 16.0 Å². The first kappa shape index (κ1) is 23.1. The number of nitrogens with one attached hydrogen (secondary N) is 1. The molecule has 0 bridgehead atoms. The van der Waals surface area contributed by atoms with Crippen LogP contribution in [0.2, 0.25) is 0 Å². The summed E-state index contributed by atoms with van der Waals surface area (Å²) < 4.78 is 10.6. The van der Waals surface area contributed by atoms with Crippen LogP contribution in [0.25, 0.3) is 0 Å². The number of esters is 1. The van der Waals surface area contributed by atoms with Gasteiger partial charge in [-0.2, -0.15) is 0 Å². The number of hydrogen-bond donors (Lipinski definition) is 1. The molecule has 1 heterocycles. The Kier molecular flexibility index (Phi) is 6.94. The Morgan fingerprint density at radius 2 is 1.53 bits per heavy atom. The number of anilines is 1. The van der Waals surface area contributed by atoms with E-state index in [2.05, 4.69) is 5.32 Å². The van der Waals surface area contributed by atoms with E-state index in [0.29, 0.717) is 29.2 Å². The van der Waals surface area contributed by atoms with Gasteiger partial charge in [0.25, 0.3) is 11.8 Å². The molecule has 2 amide bonds. The molecule has 172 valence electrons. The molecule has 0 saturated heterocycles. The highest BCUT2D eigenvalue weighted by Crippen LogP contribution is 2.28. The second-order valence-electron chi connectivity index (χ2n) is 7.43. The van der Waals surface area contributed by atoms with Gasteiger partial charge in [0, 0.05) is 12.2 Å². The number of para-hydroxylation sites is 2. The van der Waals surface area contributed by atoms with E-state index in [-0.39, 0.29) is 17.3 Å². The van der Waals surface area contributed by atoms with Gasteiger partial charge in [-0.3, -0.25) is 14.5 Å². The van der Waals surface area contributed by atoms with Gasteiger partial charge < -0.3 is 14.8 Å². The maximum Gasteiger partial charge on any atom is 0.343 e. The second-order valence-corrected chi connectivity index (χ2v) is 7.81. The molecule has 0 spiro atoms. The summed E-state index contributed by atoms with van der Waals surface area (Å²) in [6.45, 7) is 0.219. The van der Waals surface area contributed by atoms with Crippen LogP contribution in [0.15, 0.2) is 89.6 Å². The first-order chi connectivity index (χ1) is 16.5. The summed E-state index contributed by atoms with van der Waals surface area (Å²) in [5.74, 6) is -0.850. The molecular formula is C26H21ClN2O5. The average Bonchev–Trinajstić information content (AvgIpc) is 3.06. The summed E-state index contributed by atoms with van der Waals surface area (Å²) in [5, 5.41) is 2.73. The highest BCUT2D eigenvalue weighted by molar-refractivity contribution is 6.48. The van der Waals surface area contributed by atoms with E-state index in [9.17, 15) is 14.4 Å². The minimum Gasteiger partial charge on any atom is -0.493 e. The fraction of sp³-hybridized carbons (Fsp3) is 0.115. The van der Waals surface area contributed by atoms with E-state index >= 15 is 0 Å². The fourth-order valence-corrected chi connectivity index (χ4v) is 3.67. The predicted octanol–water partition coefficient (Wildman–Crippen LogP) is 4.39. The van der Waals surface area contributed by atoms with E-state index in [0.717, 1.165) is 10.5 Å². The molecule has 0 atom stereocenters. The third-order valence-corrected chi connectivity index (χ3v) is 5.59. The second kappa shape index (κ2) is 10.2. The fourth-order valence-electron chi connectivity index (χ4n) is 3.44. The smallest absolute Gasteiger partial charge is 0.343 e. The number of imide groups is 1. The Balaban J connectivity index is 1.41. The van der Waals surface area contributed by atoms with Crippen LogP contribution >= 0.6 is 11.6 Å². The molecule has 8 heteroatoms. The predicted molar refractivity (Wildman–Crippen MR) is 128 cm³/mol. The van der Waals surface area contributed by atoms with Crippen molar-refractivity contribution in [1.82, 2.24) is 4.90 Å². The summed E-state index contributed by atoms with van der Waals surface area (Å²) in [6, 6.07) is 22.7. The van der Waals surface area contributed by atoms with Crippen molar-refractivity contribution in [3.8, 4) is 11.5 Å². The van der Waals surface area contributed by atoms with Gasteiger partial charge in [0.15, 0.2) is 11.5 Å². The largest absolute Gasteiger partial charge is 0.493 e. The maximum absolute atomic E-state index is 12.8. The third kappa shape index (κ3) is 4.94. The molecule has 4 rings (SSSR count). The van der Waals surface area contributed by atoms with Crippen molar-refractivity contribution < 1.29 is 23.9 Å². The van der Waals surface area contributed by atoms with E-state index < -0.39 is 17.8 Å². The highest BCUT2D eigenvalue weighted by atomic mass is 35.5. The number of carbonyl (C=O) groups excluding carboxylic acids is 3. The van der Waals surface area contributed by atoms with Crippen LogP contribution in [0.3, 0.4) is 0 Å². The molecule has 3 aromatic rings. The standard InChI is InChI=1S/C26H21ClN2O5/c1-33-20-9-5-6-10-21(20)34-26(32)18-11-13-19(14-12-18)28-23-22(27)24(30)29(25(23)31)16-15-17-7-3-2-4-8-17/h2-14,28H,15-16H2,1H3. The van der Waals surface area contributed by atoms with Gasteiger partial charge in [-0.15, -0.1) is 0 Å². The first-order valence-corrected chi connectivity index (χ1v) is 10.9. The number of hydrogen-bond acceptors (Lipinski definition) is 6. The molecule has 34 heavy (non-hydrogen) atoms. The van der Waals surface area contributed by atoms with Gasteiger partial charge in [0.1, 0.15) is 10.7 Å². The van der Waals surface area contributed by atoms with Crippen molar-refractivity contribution in [1.29, 1.82) is 0 Å². The Morgan fingerprint density at radius 1 is 0.882 bits per heavy atom. The van der Waals surface area contributed by atoms with Crippen LogP contribution in [-0.4, -0.2) is 36.3 Å². The van der Waals surface area contributed by atoms with Gasteiger partial charge in [-0.05, 0) is 48.4 Å². The Labute approximate surface area is 201 Å². The van der Waals surface area contributed by atoms with Crippen LogP contribution in [0, 0.1) is 0 Å². The summed E-state index contributed by atoms with van der Waals surface area (Å²) in [7, 11) is 1.49. The normalized spacial score (nSPS) is 13.3. The molecule has 3 aromatic carbocycles. The van der Waals surface area contributed by atoms with Crippen molar-refractivity contribution in [3.63, 3.8) is 0 Å². The summed E-state index contributed by atoms with van der Waals surface area (Å²) >= 11 is 6.17. The summed E-state index contributed by atoms with van der Waals surface area (Å²) in [6.07, 6.45) is 0.527. The van der Waals surface area contributed by atoms with Gasteiger partial charge in [-0.1, -0.05) is 54.1 Å². The van der Waals surface area contributed by atoms with Gasteiger partial charge in [0.05, 0.1) is 12.7 Å². The van der Waals surface area contributed by atoms with Crippen molar-refractivity contribution in [3.05, 3.63) is 101 Å². The lowest BCUT2D eigenvalue weighted by Gasteiger charge is -2.15. The van der Waals surface area contributed by atoms with Gasteiger partial charge in [-0.25, -0.2) is 4.79 Å². The molecular weight excluding hydrogens is 456 g/mol. The SMILES string of the molecule is COc1ccccc1OC(=O)c1ccc(NC2=C(Cl)C(=O)N(CCc3ccccc3)C2=O)cc1. The molecule has 0 aliphatic carbocycles. The minimum absolute atomic E-state index is 0.00377. The topological polar surface area (TPSA) is 84.9 Å². The monoisotopic (exact) mass is 476 g/mol. The number of methoxy groups -OCH3 is 1. The molecule has 0 fully saturated rings. The number of halogens is 1. The zero-order valence-electron chi connectivity index (χ0n) is 18.3. The van der Waals surface area contributed by atoms with Gasteiger partial charge in [0.2, 0.25) is 0 Å². The zero-order chi connectivity index (χ0) is 24.1. The van der Waals surface area contributed by atoms with E-state index in [1.807, 2.05) is 30.3 Å². The van der Waals surface area contributed by atoms with E-state index in [4.69, 9.17) is 21.1 Å². The molecule has 1 aliphatic heterocycles. The van der Waals surface area contributed by atoms with E-state index in [1.54, 1.807) is 48.5 Å². The lowest BCUT2D eigenvalue weighted by molar-refractivity contribution is -0.137. The Morgan fingerprint density at radius 3 is 2.21 bits per heavy atom. The molecule has 0 saturated carbocycles. The molecule has 1 aliphatic rings. The lowest BCUT2D eigenvalue weighted by atomic mass is 10.1. The zero-order valence-corrected chi connectivity index (χ0v) is 19.0. The third-order valence-electron chi connectivity index (χ3n) is 5.24. The van der Waals surface area contributed by atoms with Crippen molar-refractivity contribution >= 4 is 35.1 Å². The lowest BCUT2D eigenvalue weighted by Crippen LogP contribution is -2.34. The number of benzene rings is 3. The molecule has 0 radical (unpaired) electrons. The van der Waals surface area contributed by atoms with Crippen molar-refractivity contribution in [2.45, 2.75) is 6.42 Å². The number of rotatable bonds is 8. The molecule has 0 aromatic heterocycles. The molecule has 7 nitrogen and oxygen atoms in total. The van der Waals surface area contributed by atoms with Crippen LogP contribution < -0.4 is 14.8 Å². The van der Waals surface area contributed by atoms with Crippen LogP contribution in [0.1, 0.15) is 15.9 Å². The highest BCUT2D eigenvalue weighted by Gasteiger charge is 2.37. The summed E-state index contributed by atoms with van der Waals surface area (Å²) in [4.78, 5) is 38.9. The maximum atomic E-state index is 12.8. The Hall–Kier alpha value is -4.10. The molecule has 0 unspecified atom stereocenters. The Bertz CT molecular complexity index is 1260. The number of ether oxygens (including phenoxy) is 2. The number of nitrogens with zero attached hydrogens (tertiary/aromatic N) is 1. The van der Waals surface area contributed by atoms with Crippen molar-refractivity contribution in [2.24, 2.45) is 0 Å². The quantitative estimate of drug-likeness (QED) is 0.295. The van der Waals surface area contributed by atoms with Crippen LogP contribution in [0.4, 0.5) is 5.69 Å². The van der Waals surface area contributed by atoms with Crippen molar-refractivity contribution in [2.75, 3.05) is 19.0 Å².